The van der Waals surface area contributed by atoms with E-state index in [0.717, 1.165) is 0 Å². The number of rotatable bonds is 4. The number of hydrogen-bond donors (Lipinski definition) is 2. The summed E-state index contributed by atoms with van der Waals surface area (Å²) < 4.78 is 0. The van der Waals surface area contributed by atoms with E-state index in [-0.39, 0.29) is 11.8 Å². The molecular formula is C13H15N3O. The SMILES string of the molecule is CC(CC(=O)Nc1cn[nH]c1)c1ccccc1. The Hall–Kier alpha value is -2.10. The van der Waals surface area contributed by atoms with E-state index in [1.807, 2.05) is 37.3 Å². The summed E-state index contributed by atoms with van der Waals surface area (Å²) in [6.45, 7) is 2.05. The van der Waals surface area contributed by atoms with Crippen molar-refractivity contribution in [2.24, 2.45) is 0 Å². The maximum atomic E-state index is 11.7. The first-order valence-electron chi connectivity index (χ1n) is 5.59. The molecule has 0 saturated carbocycles. The average molecular weight is 229 g/mol. The van der Waals surface area contributed by atoms with Crippen LogP contribution in [0.1, 0.15) is 24.8 Å². The van der Waals surface area contributed by atoms with Crippen LogP contribution in [0.3, 0.4) is 0 Å². The highest BCUT2D eigenvalue weighted by molar-refractivity contribution is 5.90. The Kier molecular flexibility index (Phi) is 3.55. The van der Waals surface area contributed by atoms with Crippen LogP contribution in [-0.2, 0) is 4.79 Å². The van der Waals surface area contributed by atoms with Gasteiger partial charge in [0.25, 0.3) is 0 Å². The lowest BCUT2D eigenvalue weighted by molar-refractivity contribution is -0.116. The zero-order valence-electron chi connectivity index (χ0n) is 9.68. The van der Waals surface area contributed by atoms with E-state index in [9.17, 15) is 4.79 Å². The summed E-state index contributed by atoms with van der Waals surface area (Å²) in [5.41, 5.74) is 1.88. The Bertz CT molecular complexity index is 465. The summed E-state index contributed by atoms with van der Waals surface area (Å²) in [6, 6.07) is 10.0. The molecule has 1 atom stereocenters. The van der Waals surface area contributed by atoms with E-state index < -0.39 is 0 Å². The van der Waals surface area contributed by atoms with Gasteiger partial charge in [-0.05, 0) is 11.5 Å². The molecule has 1 aromatic carbocycles. The van der Waals surface area contributed by atoms with Crippen LogP contribution in [0.25, 0.3) is 0 Å². The molecule has 1 amide bonds. The molecule has 88 valence electrons. The number of nitrogens with zero attached hydrogens (tertiary/aromatic N) is 1. The smallest absolute Gasteiger partial charge is 0.225 e. The number of anilines is 1. The van der Waals surface area contributed by atoms with Crippen LogP contribution >= 0.6 is 0 Å². The third-order valence-electron chi connectivity index (χ3n) is 2.64. The van der Waals surface area contributed by atoms with Gasteiger partial charge < -0.3 is 5.32 Å². The number of hydrogen-bond acceptors (Lipinski definition) is 2. The van der Waals surface area contributed by atoms with E-state index in [0.29, 0.717) is 12.1 Å². The van der Waals surface area contributed by atoms with Gasteiger partial charge >= 0.3 is 0 Å². The minimum Gasteiger partial charge on any atom is -0.323 e. The van der Waals surface area contributed by atoms with Crippen LogP contribution in [0, 0.1) is 0 Å². The summed E-state index contributed by atoms with van der Waals surface area (Å²) in [6.07, 6.45) is 3.71. The van der Waals surface area contributed by atoms with Crippen LogP contribution in [0.5, 0.6) is 0 Å². The van der Waals surface area contributed by atoms with E-state index in [1.165, 1.54) is 5.56 Å². The van der Waals surface area contributed by atoms with Crippen molar-refractivity contribution < 1.29 is 4.79 Å². The summed E-state index contributed by atoms with van der Waals surface area (Å²) >= 11 is 0. The highest BCUT2D eigenvalue weighted by Crippen LogP contribution is 2.19. The molecule has 4 heteroatoms. The Morgan fingerprint density at radius 1 is 1.41 bits per heavy atom. The van der Waals surface area contributed by atoms with Gasteiger partial charge in [-0.25, -0.2) is 0 Å². The van der Waals surface area contributed by atoms with Gasteiger partial charge in [0.1, 0.15) is 0 Å². The van der Waals surface area contributed by atoms with Gasteiger partial charge in [-0.15, -0.1) is 0 Å². The molecule has 0 saturated heterocycles. The number of benzene rings is 1. The molecular weight excluding hydrogens is 214 g/mol. The predicted molar refractivity (Wildman–Crippen MR) is 66.7 cm³/mol. The Morgan fingerprint density at radius 3 is 2.82 bits per heavy atom. The normalized spacial score (nSPS) is 12.1. The summed E-state index contributed by atoms with van der Waals surface area (Å²) in [5.74, 6) is 0.214. The largest absolute Gasteiger partial charge is 0.323 e. The van der Waals surface area contributed by atoms with Crippen molar-refractivity contribution in [3.63, 3.8) is 0 Å². The molecule has 0 aliphatic carbocycles. The van der Waals surface area contributed by atoms with Crippen molar-refractivity contribution in [3.05, 3.63) is 48.3 Å². The number of H-pyrrole nitrogens is 1. The summed E-state index contributed by atoms with van der Waals surface area (Å²) in [7, 11) is 0. The third kappa shape index (κ3) is 3.17. The van der Waals surface area contributed by atoms with E-state index in [4.69, 9.17) is 0 Å². The molecule has 2 N–H and O–H groups in total. The molecule has 1 unspecified atom stereocenters. The van der Waals surface area contributed by atoms with Crippen molar-refractivity contribution in [1.29, 1.82) is 0 Å². The zero-order valence-corrected chi connectivity index (χ0v) is 9.68. The molecule has 0 radical (unpaired) electrons. The fourth-order valence-electron chi connectivity index (χ4n) is 1.71. The van der Waals surface area contributed by atoms with Crippen LogP contribution in [0.15, 0.2) is 42.7 Å². The third-order valence-corrected chi connectivity index (χ3v) is 2.64. The molecule has 1 heterocycles. The molecule has 0 aliphatic heterocycles. The highest BCUT2D eigenvalue weighted by atomic mass is 16.1. The molecule has 2 aromatic rings. The first kappa shape index (κ1) is 11.4. The number of aromatic amines is 1. The minimum atomic E-state index is 0.00255. The van der Waals surface area contributed by atoms with Crippen molar-refractivity contribution in [1.82, 2.24) is 10.2 Å². The fraction of sp³-hybridized carbons (Fsp3) is 0.231. The predicted octanol–water partition coefficient (Wildman–Crippen LogP) is 2.54. The summed E-state index contributed by atoms with van der Waals surface area (Å²) in [4.78, 5) is 11.7. The fourth-order valence-corrected chi connectivity index (χ4v) is 1.71. The van der Waals surface area contributed by atoms with Gasteiger partial charge in [-0.2, -0.15) is 5.10 Å². The second-order valence-corrected chi connectivity index (χ2v) is 4.05. The molecule has 1 aromatic heterocycles. The number of amides is 1. The minimum absolute atomic E-state index is 0.00255. The first-order valence-corrected chi connectivity index (χ1v) is 5.59. The molecule has 0 bridgehead atoms. The first-order chi connectivity index (χ1) is 8.25. The van der Waals surface area contributed by atoms with Crippen molar-refractivity contribution in [2.45, 2.75) is 19.3 Å². The molecule has 0 spiro atoms. The van der Waals surface area contributed by atoms with Crippen molar-refractivity contribution in [2.75, 3.05) is 5.32 Å². The molecule has 0 fully saturated rings. The van der Waals surface area contributed by atoms with Crippen LogP contribution in [0.2, 0.25) is 0 Å². The topological polar surface area (TPSA) is 57.8 Å². The lowest BCUT2D eigenvalue weighted by atomic mass is 9.97. The Balaban J connectivity index is 1.91. The maximum Gasteiger partial charge on any atom is 0.225 e. The van der Waals surface area contributed by atoms with E-state index in [2.05, 4.69) is 15.5 Å². The van der Waals surface area contributed by atoms with Gasteiger partial charge in [0.05, 0.1) is 11.9 Å². The number of carbonyl (C=O) groups excluding carboxylic acids is 1. The zero-order chi connectivity index (χ0) is 12.1. The number of carbonyl (C=O) groups is 1. The lowest BCUT2D eigenvalue weighted by Crippen LogP contribution is -2.13. The monoisotopic (exact) mass is 229 g/mol. The lowest BCUT2D eigenvalue weighted by Gasteiger charge is -2.11. The number of aromatic nitrogens is 2. The average Bonchev–Trinajstić information content (AvgIpc) is 2.82. The van der Waals surface area contributed by atoms with Crippen LogP contribution in [-0.4, -0.2) is 16.1 Å². The standard InChI is InChI=1S/C13H15N3O/c1-10(11-5-3-2-4-6-11)7-13(17)16-12-8-14-15-9-12/h2-6,8-10H,7H2,1H3,(H,14,15)(H,16,17). The van der Waals surface area contributed by atoms with E-state index in [1.54, 1.807) is 12.4 Å². The number of nitrogens with one attached hydrogen (secondary N) is 2. The van der Waals surface area contributed by atoms with E-state index >= 15 is 0 Å². The van der Waals surface area contributed by atoms with Gasteiger partial charge in [-0.1, -0.05) is 37.3 Å². The van der Waals surface area contributed by atoms with Crippen LogP contribution < -0.4 is 5.32 Å². The van der Waals surface area contributed by atoms with Crippen molar-refractivity contribution >= 4 is 11.6 Å². The van der Waals surface area contributed by atoms with Gasteiger partial charge in [0.15, 0.2) is 0 Å². The van der Waals surface area contributed by atoms with Gasteiger partial charge in [-0.3, -0.25) is 9.89 Å². The highest BCUT2D eigenvalue weighted by Gasteiger charge is 2.11. The molecule has 0 aliphatic rings. The molecule has 17 heavy (non-hydrogen) atoms. The van der Waals surface area contributed by atoms with Gasteiger partial charge in [0.2, 0.25) is 5.91 Å². The van der Waals surface area contributed by atoms with Gasteiger partial charge in [0, 0.05) is 12.6 Å². The molecule has 4 nitrogen and oxygen atoms in total. The molecule has 2 rings (SSSR count). The van der Waals surface area contributed by atoms with Crippen LogP contribution in [0.4, 0.5) is 5.69 Å². The Labute approximate surface area is 100 Å². The second kappa shape index (κ2) is 5.30. The van der Waals surface area contributed by atoms with Crippen molar-refractivity contribution in [3.8, 4) is 0 Å². The Morgan fingerprint density at radius 2 is 2.18 bits per heavy atom. The maximum absolute atomic E-state index is 11.7. The summed E-state index contributed by atoms with van der Waals surface area (Å²) in [5, 5.41) is 9.22. The second-order valence-electron chi connectivity index (χ2n) is 4.05. The quantitative estimate of drug-likeness (QED) is 0.846.